The van der Waals surface area contributed by atoms with E-state index < -0.39 is 75.5 Å². The van der Waals surface area contributed by atoms with Crippen molar-refractivity contribution < 1.29 is 62.7 Å². The van der Waals surface area contributed by atoms with Crippen molar-refractivity contribution in [2.45, 2.75) is 19.3 Å². The Bertz CT molecular complexity index is 523. The Hall–Kier alpha value is -3.22. The number of aliphatic carboxylic acids is 1. The number of carboxylic acid groups (broad SMARTS) is 1. The molecule has 0 rings (SSSR count). The van der Waals surface area contributed by atoms with Gasteiger partial charge in [-0.3, -0.25) is 28.8 Å². The molecule has 0 aliphatic carbocycles. The fraction of sp³-hybridized carbons (Fsp3) is 0.500. The molecular formula is C12H14O13. The van der Waals surface area contributed by atoms with Crippen molar-refractivity contribution in [2.75, 3.05) is 20.4 Å². The molecule has 13 heteroatoms. The van der Waals surface area contributed by atoms with Crippen LogP contribution in [-0.2, 0) is 52.5 Å². The first kappa shape index (κ1) is 21.8. The van der Waals surface area contributed by atoms with Gasteiger partial charge in [-0.25, -0.2) is 0 Å². The van der Waals surface area contributed by atoms with Gasteiger partial charge in [-0.2, -0.15) is 0 Å². The van der Waals surface area contributed by atoms with Gasteiger partial charge in [0, 0.05) is 0 Å². The van der Waals surface area contributed by atoms with Crippen LogP contribution in [0.25, 0.3) is 0 Å². The summed E-state index contributed by atoms with van der Waals surface area (Å²) in [6.45, 7) is -2.68. The lowest BCUT2D eigenvalue weighted by molar-refractivity contribution is -0.173. The lowest BCUT2D eigenvalue weighted by Gasteiger charge is -2.07. The van der Waals surface area contributed by atoms with Gasteiger partial charge in [0.2, 0.25) is 13.6 Å². The quantitative estimate of drug-likeness (QED) is 0.174. The molecule has 140 valence electrons. The second-order valence-corrected chi connectivity index (χ2v) is 3.87. The highest BCUT2D eigenvalue weighted by Gasteiger charge is 2.16. The molecule has 0 spiro atoms. The van der Waals surface area contributed by atoms with Crippen LogP contribution in [0.15, 0.2) is 0 Å². The maximum Gasteiger partial charge on any atom is 0.320 e. The summed E-state index contributed by atoms with van der Waals surface area (Å²) >= 11 is 0. The number of hydrogen-bond acceptors (Lipinski definition) is 12. The summed E-state index contributed by atoms with van der Waals surface area (Å²) in [6.07, 6.45) is -2.64. The van der Waals surface area contributed by atoms with Crippen molar-refractivity contribution in [2.24, 2.45) is 0 Å². The van der Waals surface area contributed by atoms with Crippen LogP contribution in [-0.4, -0.2) is 66.4 Å². The SMILES string of the molecule is O=C(O)CC(=O)OCOC(=O)CC(=O)OCOC(=O)CC(=O)OCO. The minimum Gasteiger partial charge on any atom is -0.481 e. The van der Waals surface area contributed by atoms with Crippen molar-refractivity contribution in [3.05, 3.63) is 0 Å². The fourth-order valence-electron chi connectivity index (χ4n) is 1.01. The minimum absolute atomic E-state index is 0.818. The number of carbonyl (C=O) groups excluding carboxylic acids is 5. The molecule has 0 aromatic rings. The highest BCUT2D eigenvalue weighted by atomic mass is 16.7. The van der Waals surface area contributed by atoms with Gasteiger partial charge in [-0.1, -0.05) is 0 Å². The summed E-state index contributed by atoms with van der Waals surface area (Å²) < 4.78 is 21.2. The van der Waals surface area contributed by atoms with E-state index in [1.54, 1.807) is 0 Å². The van der Waals surface area contributed by atoms with Crippen molar-refractivity contribution in [3.8, 4) is 0 Å². The monoisotopic (exact) mass is 366 g/mol. The third-order valence-corrected chi connectivity index (χ3v) is 1.98. The van der Waals surface area contributed by atoms with Crippen LogP contribution in [0.2, 0.25) is 0 Å². The minimum atomic E-state index is -1.43. The zero-order valence-electron chi connectivity index (χ0n) is 12.6. The molecular weight excluding hydrogens is 352 g/mol. The summed E-state index contributed by atoms with van der Waals surface area (Å²) in [5, 5.41) is 16.5. The van der Waals surface area contributed by atoms with Gasteiger partial charge < -0.3 is 33.9 Å². The molecule has 0 amide bonds. The third-order valence-electron chi connectivity index (χ3n) is 1.98. The van der Waals surface area contributed by atoms with Crippen LogP contribution in [0, 0.1) is 0 Å². The van der Waals surface area contributed by atoms with E-state index in [0.717, 1.165) is 0 Å². The molecule has 25 heavy (non-hydrogen) atoms. The maximum atomic E-state index is 11.2. The Kier molecular flexibility index (Phi) is 10.7. The number of rotatable bonds is 11. The van der Waals surface area contributed by atoms with E-state index in [1.807, 2.05) is 0 Å². The maximum absolute atomic E-state index is 11.2. The van der Waals surface area contributed by atoms with Gasteiger partial charge in [0.1, 0.15) is 19.3 Å². The van der Waals surface area contributed by atoms with Crippen LogP contribution in [0.3, 0.4) is 0 Å². The Morgan fingerprint density at radius 2 is 0.880 bits per heavy atom. The molecule has 0 radical (unpaired) electrons. The summed E-state index contributed by atoms with van der Waals surface area (Å²) in [6, 6.07) is 0. The predicted octanol–water partition coefficient (Wildman–Crippen LogP) is -2.18. The largest absolute Gasteiger partial charge is 0.481 e. The smallest absolute Gasteiger partial charge is 0.320 e. The van der Waals surface area contributed by atoms with Gasteiger partial charge in [0.25, 0.3) is 0 Å². The molecule has 0 heterocycles. The first-order chi connectivity index (χ1) is 11.7. The third kappa shape index (κ3) is 13.0. The van der Waals surface area contributed by atoms with Gasteiger partial charge >= 0.3 is 35.8 Å². The zero-order chi connectivity index (χ0) is 19.2. The summed E-state index contributed by atoms with van der Waals surface area (Å²) in [5.41, 5.74) is 0. The van der Waals surface area contributed by atoms with Gasteiger partial charge in [0.05, 0.1) is 0 Å². The molecule has 13 nitrogen and oxygen atoms in total. The Morgan fingerprint density at radius 3 is 1.20 bits per heavy atom. The Labute approximate surface area is 139 Å². The van der Waals surface area contributed by atoms with E-state index in [0.29, 0.717) is 0 Å². The van der Waals surface area contributed by atoms with Crippen LogP contribution in [0.4, 0.5) is 0 Å². The number of carboxylic acids is 1. The summed E-state index contributed by atoms with van der Waals surface area (Å²) in [4.78, 5) is 65.1. The molecule has 0 fully saturated rings. The van der Waals surface area contributed by atoms with Crippen LogP contribution >= 0.6 is 0 Å². The lowest BCUT2D eigenvalue weighted by atomic mass is 10.4. The second kappa shape index (κ2) is 12.2. The number of aliphatic hydroxyl groups excluding tert-OH is 1. The predicted molar refractivity (Wildman–Crippen MR) is 68.8 cm³/mol. The van der Waals surface area contributed by atoms with Crippen LogP contribution in [0.5, 0.6) is 0 Å². The number of esters is 5. The molecule has 0 saturated heterocycles. The van der Waals surface area contributed by atoms with E-state index >= 15 is 0 Å². The molecule has 2 N–H and O–H groups in total. The standard InChI is InChI=1S/C12H14O13/c13-4-21-9(17)2-10(18)24-6-25-12(20)3-11(19)23-5-22-8(16)1-7(14)15/h13H,1-6H2,(H,14,15). The zero-order valence-corrected chi connectivity index (χ0v) is 12.6. The second-order valence-electron chi connectivity index (χ2n) is 3.87. The summed E-state index contributed by atoms with van der Waals surface area (Å²) in [5.74, 6) is -7.02. The first-order valence-corrected chi connectivity index (χ1v) is 6.35. The van der Waals surface area contributed by atoms with Crippen molar-refractivity contribution in [1.29, 1.82) is 0 Å². The fourth-order valence-corrected chi connectivity index (χ4v) is 1.01. The van der Waals surface area contributed by atoms with Crippen molar-refractivity contribution in [3.63, 3.8) is 0 Å². The molecule has 0 unspecified atom stereocenters. The normalized spacial score (nSPS) is 9.48. The topological polar surface area (TPSA) is 189 Å². The highest BCUT2D eigenvalue weighted by Crippen LogP contribution is 1.95. The lowest BCUT2D eigenvalue weighted by Crippen LogP contribution is -2.20. The van der Waals surface area contributed by atoms with Gasteiger partial charge in [-0.05, 0) is 0 Å². The van der Waals surface area contributed by atoms with E-state index in [2.05, 4.69) is 23.7 Å². The number of ether oxygens (including phenoxy) is 5. The molecule has 0 aromatic carbocycles. The van der Waals surface area contributed by atoms with Crippen LogP contribution < -0.4 is 0 Å². The average Bonchev–Trinajstić information content (AvgIpc) is 2.46. The average molecular weight is 366 g/mol. The molecule has 0 saturated carbocycles. The van der Waals surface area contributed by atoms with E-state index in [1.165, 1.54) is 0 Å². The number of aliphatic hydroxyl groups is 1. The van der Waals surface area contributed by atoms with E-state index in [9.17, 15) is 28.8 Å². The highest BCUT2D eigenvalue weighted by molar-refractivity contribution is 5.92. The van der Waals surface area contributed by atoms with E-state index in [4.69, 9.17) is 10.2 Å². The van der Waals surface area contributed by atoms with Crippen LogP contribution in [0.1, 0.15) is 19.3 Å². The molecule has 0 atom stereocenters. The van der Waals surface area contributed by atoms with Crippen molar-refractivity contribution >= 4 is 35.8 Å². The van der Waals surface area contributed by atoms with Crippen molar-refractivity contribution in [1.82, 2.24) is 0 Å². The van der Waals surface area contributed by atoms with E-state index in [-0.39, 0.29) is 0 Å². The molecule has 0 aliphatic rings. The molecule has 0 aliphatic heterocycles. The molecule has 0 bridgehead atoms. The Morgan fingerprint density at radius 1 is 0.560 bits per heavy atom. The number of carbonyl (C=O) groups is 6. The first-order valence-electron chi connectivity index (χ1n) is 6.35. The van der Waals surface area contributed by atoms with Gasteiger partial charge in [-0.15, -0.1) is 0 Å². The molecule has 0 aromatic heterocycles. The van der Waals surface area contributed by atoms with Gasteiger partial charge in [0.15, 0.2) is 6.79 Å². The Balaban J connectivity index is 3.82. The number of hydrogen-bond donors (Lipinski definition) is 2. The summed E-state index contributed by atoms with van der Waals surface area (Å²) in [7, 11) is 0.